The van der Waals surface area contributed by atoms with Crippen LogP contribution in [0.15, 0.2) is 27.1 Å². The third kappa shape index (κ3) is 2.22. The number of carboxylic acids is 1. The molecule has 2 aromatic rings. The van der Waals surface area contributed by atoms with Gasteiger partial charge in [0.15, 0.2) is 5.69 Å². The molecule has 1 heterocycles. The molecule has 0 fully saturated rings. The number of halogens is 2. The van der Waals surface area contributed by atoms with Crippen molar-refractivity contribution in [1.82, 2.24) is 9.78 Å². The second-order valence-corrected chi connectivity index (χ2v) is 5.60. The van der Waals surface area contributed by atoms with Crippen molar-refractivity contribution in [2.75, 3.05) is 0 Å². The molecular weight excluding hydrogens is 364 g/mol. The van der Waals surface area contributed by atoms with Crippen LogP contribution < -0.4 is 0 Å². The van der Waals surface area contributed by atoms with E-state index in [1.54, 1.807) is 4.68 Å². The maximum Gasteiger partial charge on any atom is 0.357 e. The largest absolute Gasteiger partial charge is 0.476 e. The molecule has 94 valence electrons. The summed E-state index contributed by atoms with van der Waals surface area (Å²) in [4.78, 5) is 11.0. The van der Waals surface area contributed by atoms with Gasteiger partial charge in [0, 0.05) is 4.47 Å². The Morgan fingerprint density at radius 3 is 2.50 bits per heavy atom. The van der Waals surface area contributed by atoms with Gasteiger partial charge >= 0.3 is 5.97 Å². The van der Waals surface area contributed by atoms with Gasteiger partial charge in [-0.3, -0.25) is 0 Å². The Kier molecular flexibility index (Phi) is 3.59. The van der Waals surface area contributed by atoms with Crippen molar-refractivity contribution >= 4 is 37.8 Å². The summed E-state index contributed by atoms with van der Waals surface area (Å²) in [5.41, 5.74) is 2.66. The van der Waals surface area contributed by atoms with Gasteiger partial charge in [-0.1, -0.05) is 15.9 Å². The van der Waals surface area contributed by atoms with Crippen molar-refractivity contribution in [2.24, 2.45) is 0 Å². The van der Waals surface area contributed by atoms with E-state index < -0.39 is 5.97 Å². The zero-order valence-electron chi connectivity index (χ0n) is 9.74. The number of carbonyl (C=O) groups is 1. The monoisotopic (exact) mass is 372 g/mol. The average molecular weight is 374 g/mol. The van der Waals surface area contributed by atoms with Gasteiger partial charge in [0.2, 0.25) is 0 Å². The fraction of sp³-hybridized carbons (Fsp3) is 0.167. The lowest BCUT2D eigenvalue weighted by Gasteiger charge is -2.08. The first-order valence-corrected chi connectivity index (χ1v) is 6.75. The fourth-order valence-electron chi connectivity index (χ4n) is 1.71. The molecule has 1 aromatic carbocycles. The van der Waals surface area contributed by atoms with Crippen molar-refractivity contribution in [2.45, 2.75) is 13.8 Å². The molecule has 0 saturated carbocycles. The number of aromatic carboxylic acids is 1. The van der Waals surface area contributed by atoms with Gasteiger partial charge in [-0.25, -0.2) is 9.48 Å². The third-order valence-corrected chi connectivity index (χ3v) is 4.08. The Morgan fingerprint density at radius 1 is 1.33 bits per heavy atom. The Morgan fingerprint density at radius 2 is 2.00 bits per heavy atom. The molecule has 2 rings (SSSR count). The third-order valence-electron chi connectivity index (χ3n) is 2.63. The highest BCUT2D eigenvalue weighted by molar-refractivity contribution is 9.10. The van der Waals surface area contributed by atoms with Crippen LogP contribution in [0.25, 0.3) is 5.69 Å². The van der Waals surface area contributed by atoms with E-state index in [9.17, 15) is 4.79 Å². The molecule has 6 heteroatoms. The maximum atomic E-state index is 11.0. The molecule has 0 bridgehead atoms. The summed E-state index contributed by atoms with van der Waals surface area (Å²) >= 11 is 6.66. The lowest BCUT2D eigenvalue weighted by molar-refractivity contribution is 0.0689. The Hall–Kier alpha value is -1.14. The first kappa shape index (κ1) is 13.3. The quantitative estimate of drug-likeness (QED) is 0.872. The van der Waals surface area contributed by atoms with E-state index in [1.807, 2.05) is 32.0 Å². The second-order valence-electron chi connectivity index (χ2n) is 3.90. The molecule has 0 unspecified atom stereocenters. The highest BCUT2D eigenvalue weighted by Gasteiger charge is 2.19. The van der Waals surface area contributed by atoms with Gasteiger partial charge in [-0.05, 0) is 53.5 Å². The van der Waals surface area contributed by atoms with Gasteiger partial charge < -0.3 is 5.11 Å². The van der Waals surface area contributed by atoms with Crippen LogP contribution in [-0.2, 0) is 0 Å². The summed E-state index contributed by atoms with van der Waals surface area (Å²) in [5.74, 6) is -1.04. The number of rotatable bonds is 2. The molecule has 1 N–H and O–H groups in total. The Balaban J connectivity index is 2.64. The van der Waals surface area contributed by atoms with E-state index in [0.717, 1.165) is 21.4 Å². The molecule has 0 atom stereocenters. The summed E-state index contributed by atoms with van der Waals surface area (Å²) in [6.45, 7) is 3.78. The number of nitrogens with zero attached hydrogens (tertiary/aromatic N) is 2. The van der Waals surface area contributed by atoms with Crippen molar-refractivity contribution < 1.29 is 9.90 Å². The van der Waals surface area contributed by atoms with E-state index >= 15 is 0 Å². The molecule has 18 heavy (non-hydrogen) atoms. The van der Waals surface area contributed by atoms with Crippen LogP contribution >= 0.6 is 31.9 Å². The van der Waals surface area contributed by atoms with Crippen LogP contribution in [-0.4, -0.2) is 20.9 Å². The number of aryl methyl sites for hydroxylation is 1. The molecule has 0 saturated heterocycles. The maximum absolute atomic E-state index is 11.0. The normalized spacial score (nSPS) is 10.7. The minimum atomic E-state index is -1.04. The lowest BCUT2D eigenvalue weighted by atomic mass is 10.2. The highest BCUT2D eigenvalue weighted by Crippen LogP contribution is 2.26. The number of carboxylic acid groups (broad SMARTS) is 1. The summed E-state index contributed by atoms with van der Waals surface area (Å²) in [6.07, 6.45) is 0. The van der Waals surface area contributed by atoms with Crippen molar-refractivity contribution in [3.8, 4) is 5.69 Å². The van der Waals surface area contributed by atoms with Gasteiger partial charge in [0.25, 0.3) is 0 Å². The van der Waals surface area contributed by atoms with Gasteiger partial charge in [0.05, 0.1) is 15.9 Å². The lowest BCUT2D eigenvalue weighted by Crippen LogP contribution is -2.03. The van der Waals surface area contributed by atoms with Crippen molar-refractivity contribution in [1.29, 1.82) is 0 Å². The molecule has 4 nitrogen and oxygen atoms in total. The minimum Gasteiger partial charge on any atom is -0.476 e. The fourth-order valence-corrected chi connectivity index (χ4v) is 2.60. The Bertz CT molecular complexity index is 635. The number of hydrogen-bond acceptors (Lipinski definition) is 2. The van der Waals surface area contributed by atoms with Crippen LogP contribution in [0.4, 0.5) is 0 Å². The minimum absolute atomic E-state index is 0.0230. The van der Waals surface area contributed by atoms with Gasteiger partial charge in [-0.15, -0.1) is 0 Å². The van der Waals surface area contributed by atoms with Gasteiger partial charge in [0.1, 0.15) is 0 Å². The van der Waals surface area contributed by atoms with Crippen LogP contribution in [0.2, 0.25) is 0 Å². The summed E-state index contributed by atoms with van der Waals surface area (Å²) in [6, 6.07) is 5.76. The zero-order valence-corrected chi connectivity index (χ0v) is 12.9. The zero-order chi connectivity index (χ0) is 13.4. The van der Waals surface area contributed by atoms with E-state index in [-0.39, 0.29) is 5.69 Å². The average Bonchev–Trinajstić information content (AvgIpc) is 2.57. The standard InChI is InChI=1S/C12H10Br2N2O2/c1-6-5-8(13)3-4-9(6)16-7(2)10(14)11(15-16)12(17)18/h3-5H,1-2H3,(H,17,18). The molecule has 0 aliphatic heterocycles. The summed E-state index contributed by atoms with van der Waals surface area (Å²) < 4.78 is 3.12. The Labute approximate surface area is 121 Å². The van der Waals surface area contributed by atoms with Gasteiger partial charge in [-0.2, -0.15) is 5.10 Å². The molecule has 0 aliphatic carbocycles. The summed E-state index contributed by atoms with van der Waals surface area (Å²) in [7, 11) is 0. The highest BCUT2D eigenvalue weighted by atomic mass is 79.9. The SMILES string of the molecule is Cc1cc(Br)ccc1-n1nc(C(=O)O)c(Br)c1C. The van der Waals surface area contributed by atoms with Crippen LogP contribution in [0.5, 0.6) is 0 Å². The molecule has 1 aromatic heterocycles. The number of benzene rings is 1. The molecule has 0 aliphatic rings. The van der Waals surface area contributed by atoms with Crippen molar-refractivity contribution in [3.63, 3.8) is 0 Å². The van der Waals surface area contributed by atoms with E-state index in [1.165, 1.54) is 0 Å². The summed E-state index contributed by atoms with van der Waals surface area (Å²) in [5, 5.41) is 13.2. The molecule has 0 spiro atoms. The number of hydrogen-bond donors (Lipinski definition) is 1. The molecule has 0 radical (unpaired) electrons. The van der Waals surface area contributed by atoms with Crippen LogP contribution in [0, 0.1) is 13.8 Å². The van der Waals surface area contributed by atoms with Crippen molar-refractivity contribution in [3.05, 3.63) is 44.1 Å². The number of aromatic nitrogens is 2. The first-order valence-electron chi connectivity index (χ1n) is 5.16. The molecule has 0 amide bonds. The van der Waals surface area contributed by atoms with Crippen LogP contribution in [0.3, 0.4) is 0 Å². The topological polar surface area (TPSA) is 55.1 Å². The molecular formula is C12H10Br2N2O2. The predicted molar refractivity (Wildman–Crippen MR) is 75.4 cm³/mol. The van der Waals surface area contributed by atoms with Crippen LogP contribution in [0.1, 0.15) is 21.7 Å². The van der Waals surface area contributed by atoms with E-state index in [2.05, 4.69) is 37.0 Å². The second kappa shape index (κ2) is 4.85. The first-order chi connectivity index (χ1) is 8.41. The van der Waals surface area contributed by atoms with E-state index in [0.29, 0.717) is 4.47 Å². The predicted octanol–water partition coefficient (Wildman–Crippen LogP) is 3.71. The van der Waals surface area contributed by atoms with E-state index in [4.69, 9.17) is 5.11 Å². The smallest absolute Gasteiger partial charge is 0.357 e.